The molecule has 0 saturated heterocycles. The molecule has 0 bridgehead atoms. The monoisotopic (exact) mass is 276 g/mol. The average molecular weight is 276 g/mol. The zero-order valence-electron chi connectivity index (χ0n) is 11.5. The van der Waals surface area contributed by atoms with Crippen LogP contribution in [-0.2, 0) is 9.84 Å². The third kappa shape index (κ3) is 6.20. The van der Waals surface area contributed by atoms with Gasteiger partial charge in [-0.15, -0.1) is 0 Å². The van der Waals surface area contributed by atoms with Crippen LogP contribution in [0.3, 0.4) is 0 Å². The van der Waals surface area contributed by atoms with Crippen molar-refractivity contribution in [3.05, 3.63) is 71.9 Å². The molecule has 0 aliphatic heterocycles. The van der Waals surface area contributed by atoms with Gasteiger partial charge >= 0.3 is 0 Å². The van der Waals surface area contributed by atoms with Crippen molar-refractivity contribution in [3.63, 3.8) is 0 Å². The van der Waals surface area contributed by atoms with Crippen LogP contribution in [0.15, 0.2) is 71.9 Å². The van der Waals surface area contributed by atoms with Crippen molar-refractivity contribution in [1.29, 1.82) is 0 Å². The molecule has 0 unspecified atom stereocenters. The second-order valence-electron chi connectivity index (χ2n) is 4.56. The molecule has 0 spiro atoms. The van der Waals surface area contributed by atoms with Crippen LogP contribution in [-0.4, -0.2) is 20.4 Å². The van der Waals surface area contributed by atoms with Crippen LogP contribution in [0.4, 0.5) is 0 Å². The van der Waals surface area contributed by atoms with Gasteiger partial charge in [0.05, 0.1) is 5.75 Å². The van der Waals surface area contributed by atoms with E-state index in [0.29, 0.717) is 0 Å². The van der Waals surface area contributed by atoms with Crippen molar-refractivity contribution >= 4 is 9.84 Å². The second kappa shape index (κ2) is 7.10. The third-order valence-corrected chi connectivity index (χ3v) is 3.43. The SMILES string of the molecule is C=C/C=C(\C=C/CS(C)(=O)=O)C1=CC=C(C)C=CC1. The Balaban J connectivity index is 2.94. The van der Waals surface area contributed by atoms with Crippen LogP contribution < -0.4 is 0 Å². The second-order valence-corrected chi connectivity index (χ2v) is 6.75. The van der Waals surface area contributed by atoms with Gasteiger partial charge in [0.15, 0.2) is 9.84 Å². The van der Waals surface area contributed by atoms with Crippen molar-refractivity contribution in [3.8, 4) is 0 Å². The summed E-state index contributed by atoms with van der Waals surface area (Å²) in [6, 6.07) is 0. The Kier molecular flexibility index (Phi) is 5.77. The lowest BCUT2D eigenvalue weighted by molar-refractivity contribution is 0.604. The maximum atomic E-state index is 11.1. The van der Waals surface area contributed by atoms with Gasteiger partial charge in [-0.05, 0) is 24.5 Å². The first-order chi connectivity index (χ1) is 8.92. The summed E-state index contributed by atoms with van der Waals surface area (Å²) < 4.78 is 22.2. The molecule has 0 fully saturated rings. The Morgan fingerprint density at radius 2 is 2.16 bits per heavy atom. The summed E-state index contributed by atoms with van der Waals surface area (Å²) in [4.78, 5) is 0. The van der Waals surface area contributed by atoms with E-state index in [-0.39, 0.29) is 5.75 Å². The van der Waals surface area contributed by atoms with E-state index in [4.69, 9.17) is 0 Å². The van der Waals surface area contributed by atoms with E-state index in [9.17, 15) is 8.42 Å². The van der Waals surface area contributed by atoms with E-state index in [1.54, 1.807) is 12.2 Å². The fourth-order valence-electron chi connectivity index (χ4n) is 1.69. The van der Waals surface area contributed by atoms with E-state index in [0.717, 1.165) is 17.6 Å². The minimum Gasteiger partial charge on any atom is -0.229 e. The molecule has 0 aromatic carbocycles. The fourth-order valence-corrected chi connectivity index (χ4v) is 2.13. The smallest absolute Gasteiger partial charge is 0.151 e. The van der Waals surface area contributed by atoms with Crippen molar-refractivity contribution in [2.75, 3.05) is 12.0 Å². The standard InChI is InChI=1S/C16H20O2S/c1-4-7-15(10-6-13-19(3,17)18)16-9-5-8-14(2)11-12-16/h4-8,10-12H,1,9,13H2,2-3H3/b10-6-,15-7+. The molecule has 0 N–H and O–H groups in total. The molecule has 0 radical (unpaired) electrons. The highest BCUT2D eigenvalue weighted by molar-refractivity contribution is 7.90. The van der Waals surface area contributed by atoms with Crippen LogP contribution in [0.1, 0.15) is 13.3 Å². The van der Waals surface area contributed by atoms with Crippen molar-refractivity contribution in [2.45, 2.75) is 13.3 Å². The summed E-state index contributed by atoms with van der Waals surface area (Å²) in [7, 11) is -2.97. The van der Waals surface area contributed by atoms with Gasteiger partial charge in [-0.3, -0.25) is 0 Å². The first-order valence-corrected chi connectivity index (χ1v) is 8.20. The van der Waals surface area contributed by atoms with Gasteiger partial charge in [0.1, 0.15) is 0 Å². The molecule has 1 rings (SSSR count). The Morgan fingerprint density at radius 1 is 1.42 bits per heavy atom. The molecule has 0 amide bonds. The molecule has 0 aromatic rings. The lowest BCUT2D eigenvalue weighted by atomic mass is 10.0. The lowest BCUT2D eigenvalue weighted by Gasteiger charge is -2.04. The van der Waals surface area contributed by atoms with E-state index in [1.807, 2.05) is 19.1 Å². The fraction of sp³-hybridized carbons (Fsp3) is 0.250. The summed E-state index contributed by atoms with van der Waals surface area (Å²) in [5.74, 6) is 0.0550. The zero-order valence-corrected chi connectivity index (χ0v) is 12.3. The highest BCUT2D eigenvalue weighted by Gasteiger charge is 2.03. The van der Waals surface area contributed by atoms with Crippen molar-refractivity contribution in [2.24, 2.45) is 0 Å². The van der Waals surface area contributed by atoms with Crippen LogP contribution in [0.2, 0.25) is 0 Å². The average Bonchev–Trinajstić information content (AvgIpc) is 2.51. The van der Waals surface area contributed by atoms with E-state index in [2.05, 4.69) is 30.9 Å². The quantitative estimate of drug-likeness (QED) is 0.720. The molecule has 0 aromatic heterocycles. The minimum atomic E-state index is -2.97. The molecular formula is C16H20O2S. The van der Waals surface area contributed by atoms with Gasteiger partial charge in [-0.1, -0.05) is 60.8 Å². The lowest BCUT2D eigenvalue weighted by Crippen LogP contribution is -1.99. The molecule has 2 nitrogen and oxygen atoms in total. The molecule has 19 heavy (non-hydrogen) atoms. The van der Waals surface area contributed by atoms with E-state index >= 15 is 0 Å². The zero-order chi connectivity index (χ0) is 14.3. The van der Waals surface area contributed by atoms with Crippen LogP contribution >= 0.6 is 0 Å². The maximum absolute atomic E-state index is 11.1. The molecule has 1 aliphatic rings. The summed E-state index contributed by atoms with van der Waals surface area (Å²) in [5, 5.41) is 0. The summed E-state index contributed by atoms with van der Waals surface area (Å²) >= 11 is 0. The number of hydrogen-bond acceptors (Lipinski definition) is 2. The topological polar surface area (TPSA) is 34.1 Å². The van der Waals surface area contributed by atoms with Gasteiger partial charge < -0.3 is 0 Å². The van der Waals surface area contributed by atoms with E-state index in [1.165, 1.54) is 11.8 Å². The number of hydrogen-bond donors (Lipinski definition) is 0. The number of sulfone groups is 1. The largest absolute Gasteiger partial charge is 0.229 e. The molecule has 0 atom stereocenters. The van der Waals surface area contributed by atoms with Gasteiger partial charge in [-0.2, -0.15) is 0 Å². The van der Waals surface area contributed by atoms with Gasteiger partial charge in [0.25, 0.3) is 0 Å². The molecule has 1 aliphatic carbocycles. The third-order valence-electron chi connectivity index (χ3n) is 2.63. The molecule has 0 heterocycles. The van der Waals surface area contributed by atoms with E-state index < -0.39 is 9.84 Å². The van der Waals surface area contributed by atoms with Crippen molar-refractivity contribution < 1.29 is 8.42 Å². The summed E-state index contributed by atoms with van der Waals surface area (Å²) in [6.07, 6.45) is 17.5. The minimum absolute atomic E-state index is 0.0550. The highest BCUT2D eigenvalue weighted by Crippen LogP contribution is 2.20. The van der Waals surface area contributed by atoms with Gasteiger partial charge in [0, 0.05) is 6.26 Å². The maximum Gasteiger partial charge on any atom is 0.151 e. The van der Waals surface area contributed by atoms with Crippen LogP contribution in [0, 0.1) is 0 Å². The Hall–Kier alpha value is -1.61. The first kappa shape index (κ1) is 15.4. The molecular weight excluding hydrogens is 256 g/mol. The van der Waals surface area contributed by atoms with Crippen molar-refractivity contribution in [1.82, 2.24) is 0 Å². The van der Waals surface area contributed by atoms with Crippen LogP contribution in [0.5, 0.6) is 0 Å². The molecule has 3 heteroatoms. The summed E-state index contributed by atoms with van der Waals surface area (Å²) in [5.41, 5.74) is 3.35. The normalized spacial score (nSPS) is 17.1. The van der Waals surface area contributed by atoms with Gasteiger partial charge in [-0.25, -0.2) is 8.42 Å². The predicted molar refractivity (Wildman–Crippen MR) is 82.7 cm³/mol. The first-order valence-electron chi connectivity index (χ1n) is 6.14. The number of rotatable bonds is 5. The Morgan fingerprint density at radius 3 is 2.79 bits per heavy atom. The predicted octanol–water partition coefficient (Wildman–Crippen LogP) is 3.53. The Bertz CT molecular complexity index is 582. The van der Waals surface area contributed by atoms with Gasteiger partial charge in [0.2, 0.25) is 0 Å². The number of allylic oxidation sites excluding steroid dienone is 10. The molecule has 0 saturated carbocycles. The highest BCUT2D eigenvalue weighted by atomic mass is 32.2. The van der Waals surface area contributed by atoms with Crippen LogP contribution in [0.25, 0.3) is 0 Å². The Labute approximate surface area is 116 Å². The summed E-state index contributed by atoms with van der Waals surface area (Å²) in [6.45, 7) is 5.75. The molecule has 102 valence electrons.